The van der Waals surface area contributed by atoms with Crippen LogP contribution in [0.3, 0.4) is 0 Å². The highest BCUT2D eigenvalue weighted by Crippen LogP contribution is 2.09. The number of carbonyl (C=O) groups excluding carboxylic acids is 1. The number of quaternary nitrogens is 2. The van der Waals surface area contributed by atoms with Crippen LogP contribution in [0.1, 0.15) is 26.3 Å². The Labute approximate surface area is 128 Å². The molecule has 1 aliphatic heterocycles. The van der Waals surface area contributed by atoms with Gasteiger partial charge in [0.2, 0.25) is 0 Å². The number of aryl methyl sites for hydroxylation is 1. The molecular weight excluding hydrogens is 262 g/mol. The number of hydrogen-bond donors (Lipinski definition) is 3. The Bertz CT molecular complexity index is 450. The number of rotatable bonds is 5. The summed E-state index contributed by atoms with van der Waals surface area (Å²) in [5.41, 5.74) is 2.20. The average Bonchev–Trinajstić information content (AvgIpc) is 2.55. The van der Waals surface area contributed by atoms with E-state index in [0.717, 1.165) is 25.2 Å². The van der Waals surface area contributed by atoms with Gasteiger partial charge in [0.05, 0.1) is 6.54 Å². The van der Waals surface area contributed by atoms with E-state index in [-0.39, 0.29) is 11.9 Å². The van der Waals surface area contributed by atoms with Crippen LogP contribution >= 0.6 is 0 Å². The number of likely N-dealkylation sites (N-methyl/N-ethyl adjacent to an activating group) is 1. The summed E-state index contributed by atoms with van der Waals surface area (Å²) >= 11 is 0. The first kappa shape index (κ1) is 16.0. The predicted molar refractivity (Wildman–Crippen MR) is 85.8 cm³/mol. The van der Waals surface area contributed by atoms with E-state index in [0.29, 0.717) is 0 Å². The van der Waals surface area contributed by atoms with Crippen molar-refractivity contribution in [1.82, 2.24) is 0 Å². The number of hydrogen-bond acceptors (Lipinski definition) is 1. The van der Waals surface area contributed by atoms with Gasteiger partial charge in [-0.25, -0.2) is 0 Å². The van der Waals surface area contributed by atoms with Gasteiger partial charge in [-0.15, -0.1) is 0 Å². The molecule has 3 N–H and O–H groups in total. The molecule has 0 aliphatic carbocycles. The van der Waals surface area contributed by atoms with Gasteiger partial charge in [-0.05, 0) is 38.0 Å². The third-order valence-electron chi connectivity index (χ3n) is 4.73. The first-order valence-corrected chi connectivity index (χ1v) is 8.22. The molecule has 0 aromatic heterocycles. The molecule has 1 aromatic rings. The second kappa shape index (κ2) is 7.57. The Morgan fingerprint density at radius 1 is 1.14 bits per heavy atom. The Hall–Kier alpha value is -1.39. The highest BCUT2D eigenvalue weighted by molar-refractivity contribution is 5.93. The van der Waals surface area contributed by atoms with Crippen LogP contribution in [0.5, 0.6) is 0 Å². The minimum absolute atomic E-state index is 0.0225. The number of carbonyl (C=O) groups is 1. The number of benzene rings is 1. The van der Waals surface area contributed by atoms with Gasteiger partial charge >= 0.3 is 0 Å². The molecule has 21 heavy (non-hydrogen) atoms. The third-order valence-corrected chi connectivity index (χ3v) is 4.73. The lowest BCUT2D eigenvalue weighted by Gasteiger charge is -2.32. The lowest BCUT2D eigenvalue weighted by molar-refractivity contribution is -1.02. The molecule has 1 saturated heterocycles. The van der Waals surface area contributed by atoms with E-state index in [1.165, 1.54) is 30.1 Å². The zero-order chi connectivity index (χ0) is 15.2. The minimum atomic E-state index is 0.0225. The minimum Gasteiger partial charge on any atom is -0.326 e. The molecule has 1 atom stereocenters. The van der Waals surface area contributed by atoms with E-state index >= 15 is 0 Å². The van der Waals surface area contributed by atoms with E-state index < -0.39 is 0 Å². The topological polar surface area (TPSA) is 38.0 Å². The molecule has 1 aromatic carbocycles. The number of amides is 1. The second-order valence-electron chi connectivity index (χ2n) is 6.02. The van der Waals surface area contributed by atoms with E-state index in [9.17, 15) is 4.79 Å². The van der Waals surface area contributed by atoms with Crippen LogP contribution in [-0.2, 0) is 11.2 Å². The summed E-state index contributed by atoms with van der Waals surface area (Å²) in [6, 6.07) is 8.18. The fourth-order valence-corrected chi connectivity index (χ4v) is 2.97. The van der Waals surface area contributed by atoms with Gasteiger partial charge in [0, 0.05) is 5.69 Å². The normalized spacial score (nSPS) is 23.6. The maximum atomic E-state index is 12.4. The maximum absolute atomic E-state index is 12.4. The predicted octanol–water partition coefficient (Wildman–Crippen LogP) is -0.621. The molecule has 1 heterocycles. The molecule has 2 rings (SSSR count). The average molecular weight is 291 g/mol. The second-order valence-corrected chi connectivity index (χ2v) is 6.02. The molecule has 0 radical (unpaired) electrons. The van der Waals surface area contributed by atoms with Gasteiger partial charge in [0.25, 0.3) is 5.91 Å². The summed E-state index contributed by atoms with van der Waals surface area (Å²) in [6.45, 7) is 12.1. The largest absolute Gasteiger partial charge is 0.326 e. The van der Waals surface area contributed by atoms with Crippen LogP contribution in [0.2, 0.25) is 0 Å². The fourth-order valence-electron chi connectivity index (χ4n) is 2.97. The quantitative estimate of drug-likeness (QED) is 0.665. The first-order chi connectivity index (χ1) is 10.1. The fraction of sp³-hybridized carbons (Fsp3) is 0.588. The van der Waals surface area contributed by atoms with Crippen LogP contribution in [0, 0.1) is 0 Å². The Balaban J connectivity index is 1.87. The molecule has 0 unspecified atom stereocenters. The summed E-state index contributed by atoms with van der Waals surface area (Å²) in [7, 11) is 0. The summed E-state index contributed by atoms with van der Waals surface area (Å²) in [6.07, 6.45) is 1.03. The van der Waals surface area contributed by atoms with Gasteiger partial charge in [-0.3, -0.25) is 4.79 Å². The smallest absolute Gasteiger partial charge is 0.282 e. The molecule has 1 aliphatic rings. The standard InChI is InChI=1S/C17H27N3O/c1-4-15-6-8-16(9-7-15)18-17(21)14(3)20-12-10-19(5-2)11-13-20/h6-9,14H,4-5,10-13H2,1-3H3,(H,18,21)/p+2/t14-/m0/s1. The Kier molecular flexibility index (Phi) is 5.76. The van der Waals surface area contributed by atoms with Crippen molar-refractivity contribution in [3.63, 3.8) is 0 Å². The molecule has 0 bridgehead atoms. The lowest BCUT2D eigenvalue weighted by atomic mass is 10.1. The number of anilines is 1. The van der Waals surface area contributed by atoms with Crippen molar-refractivity contribution < 1.29 is 14.6 Å². The summed E-state index contributed by atoms with van der Waals surface area (Å²) in [5.74, 6) is 0.134. The summed E-state index contributed by atoms with van der Waals surface area (Å²) in [4.78, 5) is 15.4. The summed E-state index contributed by atoms with van der Waals surface area (Å²) in [5, 5.41) is 3.05. The van der Waals surface area contributed by atoms with Gasteiger partial charge in [-0.2, -0.15) is 0 Å². The van der Waals surface area contributed by atoms with Crippen molar-refractivity contribution in [3.8, 4) is 0 Å². The highest BCUT2D eigenvalue weighted by atomic mass is 16.2. The molecule has 1 fully saturated rings. The Morgan fingerprint density at radius 3 is 2.29 bits per heavy atom. The monoisotopic (exact) mass is 291 g/mol. The SMILES string of the molecule is CCc1ccc(NC(=O)[C@H](C)[NH+]2CC[NH+](CC)CC2)cc1. The first-order valence-electron chi connectivity index (χ1n) is 8.22. The van der Waals surface area contributed by atoms with Crippen molar-refractivity contribution in [2.45, 2.75) is 33.2 Å². The highest BCUT2D eigenvalue weighted by Gasteiger charge is 2.30. The molecule has 0 saturated carbocycles. The van der Waals surface area contributed by atoms with Crippen molar-refractivity contribution in [3.05, 3.63) is 29.8 Å². The molecule has 1 amide bonds. The maximum Gasteiger partial charge on any atom is 0.282 e. The molecule has 0 spiro atoms. The van der Waals surface area contributed by atoms with Gasteiger partial charge < -0.3 is 15.1 Å². The van der Waals surface area contributed by atoms with Crippen molar-refractivity contribution >= 4 is 11.6 Å². The van der Waals surface area contributed by atoms with E-state index in [2.05, 4.69) is 31.3 Å². The van der Waals surface area contributed by atoms with E-state index in [1.807, 2.05) is 19.1 Å². The van der Waals surface area contributed by atoms with Crippen molar-refractivity contribution in [2.75, 3.05) is 38.0 Å². The van der Waals surface area contributed by atoms with E-state index in [4.69, 9.17) is 0 Å². The molecule has 116 valence electrons. The number of piperazine rings is 1. The zero-order valence-electron chi connectivity index (χ0n) is 13.5. The molecule has 4 nitrogen and oxygen atoms in total. The van der Waals surface area contributed by atoms with Crippen LogP contribution in [0.15, 0.2) is 24.3 Å². The van der Waals surface area contributed by atoms with Gasteiger partial charge in [-0.1, -0.05) is 19.1 Å². The third kappa shape index (κ3) is 4.29. The van der Waals surface area contributed by atoms with Crippen molar-refractivity contribution in [1.29, 1.82) is 0 Å². The van der Waals surface area contributed by atoms with Crippen LogP contribution in [-0.4, -0.2) is 44.7 Å². The van der Waals surface area contributed by atoms with Crippen LogP contribution in [0.25, 0.3) is 0 Å². The van der Waals surface area contributed by atoms with Crippen molar-refractivity contribution in [2.24, 2.45) is 0 Å². The molecular formula is C17H29N3O+2. The van der Waals surface area contributed by atoms with Gasteiger partial charge in [0.15, 0.2) is 6.04 Å². The Morgan fingerprint density at radius 2 is 1.76 bits per heavy atom. The summed E-state index contributed by atoms with van der Waals surface area (Å²) < 4.78 is 0. The number of nitrogens with one attached hydrogen (secondary N) is 3. The molecule has 4 heteroatoms. The van der Waals surface area contributed by atoms with E-state index in [1.54, 1.807) is 4.90 Å². The van der Waals surface area contributed by atoms with Gasteiger partial charge in [0.1, 0.15) is 26.2 Å². The lowest BCUT2D eigenvalue weighted by Crippen LogP contribution is -3.29. The zero-order valence-corrected chi connectivity index (χ0v) is 13.5. The van der Waals surface area contributed by atoms with Crippen LogP contribution < -0.4 is 15.1 Å². The van der Waals surface area contributed by atoms with Crippen LogP contribution in [0.4, 0.5) is 5.69 Å².